The maximum absolute atomic E-state index is 13.6. The van der Waals surface area contributed by atoms with Crippen molar-refractivity contribution in [2.45, 2.75) is 31.9 Å². The summed E-state index contributed by atoms with van der Waals surface area (Å²) in [6, 6.07) is 24.4. The van der Waals surface area contributed by atoms with E-state index in [1.54, 1.807) is 18.2 Å². The maximum atomic E-state index is 13.6. The lowest BCUT2D eigenvalue weighted by molar-refractivity contribution is -0.117. The quantitative estimate of drug-likeness (QED) is 0.319. The van der Waals surface area contributed by atoms with Gasteiger partial charge in [-0.2, -0.15) is 5.26 Å². The zero-order valence-corrected chi connectivity index (χ0v) is 21.0. The number of rotatable bonds is 6. The van der Waals surface area contributed by atoms with Gasteiger partial charge >= 0.3 is 0 Å². The number of anilines is 2. The van der Waals surface area contributed by atoms with E-state index in [9.17, 15) is 14.9 Å². The molecular formula is C28H24ClN3O2S. The zero-order chi connectivity index (χ0) is 24.9. The molecule has 0 aliphatic carbocycles. The van der Waals surface area contributed by atoms with Gasteiger partial charge in [0.2, 0.25) is 5.91 Å². The molecule has 0 spiro atoms. The molecule has 1 fully saturated rings. The Morgan fingerprint density at radius 1 is 1.09 bits per heavy atom. The zero-order valence-electron chi connectivity index (χ0n) is 19.4. The highest BCUT2D eigenvalue weighted by Gasteiger charge is 2.40. The van der Waals surface area contributed by atoms with Crippen LogP contribution < -0.4 is 10.2 Å². The summed E-state index contributed by atoms with van der Waals surface area (Å²) in [5.74, 6) is -0.712. The first-order valence-electron chi connectivity index (χ1n) is 11.3. The van der Waals surface area contributed by atoms with Gasteiger partial charge in [-0.3, -0.25) is 14.5 Å². The van der Waals surface area contributed by atoms with Crippen molar-refractivity contribution in [2.75, 3.05) is 10.2 Å². The minimum atomic E-state index is -0.546. The lowest BCUT2D eigenvalue weighted by Gasteiger charge is -2.19. The number of nitriles is 1. The molecule has 1 aliphatic rings. The van der Waals surface area contributed by atoms with Gasteiger partial charge in [0.15, 0.2) is 0 Å². The highest BCUT2D eigenvalue weighted by molar-refractivity contribution is 8.05. The molecule has 0 saturated carbocycles. The van der Waals surface area contributed by atoms with Gasteiger partial charge in [-0.05, 0) is 72.9 Å². The number of carbonyl (C=O) groups is 2. The second-order valence-corrected chi connectivity index (χ2v) is 9.87. The lowest BCUT2D eigenvalue weighted by atomic mass is 10.1. The molecule has 0 aromatic heterocycles. The van der Waals surface area contributed by atoms with Crippen LogP contribution in [0.1, 0.15) is 23.6 Å². The van der Waals surface area contributed by atoms with Gasteiger partial charge in [-0.25, -0.2) is 0 Å². The molecule has 5 nitrogen and oxygen atoms in total. The number of nitrogens with zero attached hydrogens (tertiary/aromatic N) is 2. The largest absolute Gasteiger partial charge is 0.321 e. The van der Waals surface area contributed by atoms with Crippen LogP contribution in [0.4, 0.5) is 11.4 Å². The third-order valence-corrected chi connectivity index (χ3v) is 7.23. The number of halogens is 1. The molecule has 1 atom stereocenters. The summed E-state index contributed by atoms with van der Waals surface area (Å²) < 4.78 is 0. The highest BCUT2D eigenvalue weighted by atomic mass is 35.5. The fraction of sp³-hybridized carbons (Fsp3) is 0.179. The highest BCUT2D eigenvalue weighted by Crippen LogP contribution is 2.42. The standard InChI is InChI=1S/C28H24ClN3O2S/c1-3-19-9-13-23(14-10-19)32-27(34)25(16-20-7-11-21(29)12-8-20)35-28(32)24(17-30)26(33)31-22-6-4-5-18(2)15-22/h4-15,25H,3,16H2,1-2H3,(H,31,33)/b28-24-. The van der Waals surface area contributed by atoms with E-state index in [1.807, 2.05) is 67.6 Å². The van der Waals surface area contributed by atoms with Gasteiger partial charge in [0.05, 0.1) is 5.25 Å². The van der Waals surface area contributed by atoms with Crippen LogP contribution >= 0.6 is 23.4 Å². The number of amides is 2. The smallest absolute Gasteiger partial charge is 0.269 e. The fourth-order valence-corrected chi connectivity index (χ4v) is 5.29. The van der Waals surface area contributed by atoms with Crippen LogP contribution in [-0.4, -0.2) is 17.1 Å². The summed E-state index contributed by atoms with van der Waals surface area (Å²) in [4.78, 5) is 28.3. The van der Waals surface area contributed by atoms with Gasteiger partial charge < -0.3 is 5.32 Å². The summed E-state index contributed by atoms with van der Waals surface area (Å²) in [6.07, 6.45) is 1.32. The van der Waals surface area contributed by atoms with E-state index < -0.39 is 11.2 Å². The van der Waals surface area contributed by atoms with Crippen molar-refractivity contribution in [2.24, 2.45) is 0 Å². The Bertz CT molecular complexity index is 1330. The molecule has 2 amide bonds. The van der Waals surface area contributed by atoms with Gasteiger partial charge in [0.1, 0.15) is 16.7 Å². The van der Waals surface area contributed by atoms with Crippen LogP contribution in [0.3, 0.4) is 0 Å². The second-order valence-electron chi connectivity index (χ2n) is 8.25. The normalized spacial score (nSPS) is 16.7. The molecule has 35 heavy (non-hydrogen) atoms. The molecule has 3 aromatic carbocycles. The number of hydrogen-bond acceptors (Lipinski definition) is 4. The van der Waals surface area contributed by atoms with E-state index >= 15 is 0 Å². The topological polar surface area (TPSA) is 73.2 Å². The average Bonchev–Trinajstić information content (AvgIpc) is 3.16. The summed E-state index contributed by atoms with van der Waals surface area (Å²) in [7, 11) is 0. The van der Waals surface area contributed by atoms with Gasteiger partial charge in [0.25, 0.3) is 5.91 Å². The summed E-state index contributed by atoms with van der Waals surface area (Å²) in [5, 5.41) is 13.3. The number of benzene rings is 3. The summed E-state index contributed by atoms with van der Waals surface area (Å²) >= 11 is 7.26. The van der Waals surface area contributed by atoms with Crippen LogP contribution in [0.5, 0.6) is 0 Å². The first kappa shape index (κ1) is 24.6. The SMILES string of the molecule is CCc1ccc(N2C(=O)C(Cc3ccc(Cl)cc3)S/C2=C(/C#N)C(=O)Nc2cccc(C)c2)cc1. The molecule has 1 aliphatic heterocycles. The Morgan fingerprint density at radius 2 is 1.77 bits per heavy atom. The van der Waals surface area contributed by atoms with E-state index in [0.29, 0.717) is 27.8 Å². The van der Waals surface area contributed by atoms with Crippen molar-refractivity contribution in [3.8, 4) is 6.07 Å². The Hall–Kier alpha value is -3.53. The molecule has 1 unspecified atom stereocenters. The molecule has 1 heterocycles. The average molecular weight is 502 g/mol. The number of nitrogens with one attached hydrogen (secondary N) is 1. The number of thioether (sulfide) groups is 1. The predicted molar refractivity (Wildman–Crippen MR) is 142 cm³/mol. The summed E-state index contributed by atoms with van der Waals surface area (Å²) in [5.41, 5.74) is 4.20. The Balaban J connectivity index is 1.72. The van der Waals surface area contributed by atoms with E-state index in [0.717, 1.165) is 23.1 Å². The third kappa shape index (κ3) is 5.59. The van der Waals surface area contributed by atoms with E-state index in [2.05, 4.69) is 12.2 Å². The van der Waals surface area contributed by atoms with E-state index in [1.165, 1.54) is 16.7 Å². The van der Waals surface area contributed by atoms with Crippen LogP contribution in [0.15, 0.2) is 83.4 Å². The van der Waals surface area contributed by atoms with Crippen molar-refractivity contribution >= 4 is 46.6 Å². The Kier molecular flexibility index (Phi) is 7.60. The van der Waals surface area contributed by atoms with Crippen molar-refractivity contribution in [1.29, 1.82) is 5.26 Å². The molecule has 176 valence electrons. The van der Waals surface area contributed by atoms with Crippen molar-refractivity contribution in [3.05, 3.63) is 105 Å². The molecule has 0 radical (unpaired) electrons. The number of aryl methyl sites for hydroxylation is 2. The lowest BCUT2D eigenvalue weighted by Crippen LogP contribution is -2.31. The van der Waals surface area contributed by atoms with Crippen molar-refractivity contribution < 1.29 is 9.59 Å². The van der Waals surface area contributed by atoms with E-state index in [-0.39, 0.29) is 11.5 Å². The fourth-order valence-electron chi connectivity index (χ4n) is 3.85. The number of hydrogen-bond donors (Lipinski definition) is 1. The third-order valence-electron chi connectivity index (χ3n) is 5.72. The number of carbonyl (C=O) groups excluding carboxylic acids is 2. The van der Waals surface area contributed by atoms with Gasteiger partial charge in [0, 0.05) is 16.4 Å². The molecule has 4 rings (SSSR count). The molecule has 3 aromatic rings. The van der Waals surface area contributed by atoms with Gasteiger partial charge in [-0.15, -0.1) is 0 Å². The van der Waals surface area contributed by atoms with E-state index in [4.69, 9.17) is 11.6 Å². The maximum Gasteiger partial charge on any atom is 0.269 e. The first-order chi connectivity index (χ1) is 16.9. The first-order valence-corrected chi connectivity index (χ1v) is 12.5. The molecular weight excluding hydrogens is 478 g/mol. The van der Waals surface area contributed by atoms with Crippen molar-refractivity contribution in [1.82, 2.24) is 0 Å². The molecule has 1 saturated heterocycles. The van der Waals surface area contributed by atoms with Crippen LogP contribution in [0.2, 0.25) is 5.02 Å². The second kappa shape index (κ2) is 10.8. The molecule has 7 heteroatoms. The van der Waals surface area contributed by atoms with Gasteiger partial charge in [-0.1, -0.05) is 66.7 Å². The Labute approximate surface area is 214 Å². The van der Waals surface area contributed by atoms with Crippen molar-refractivity contribution in [3.63, 3.8) is 0 Å². The van der Waals surface area contributed by atoms with Crippen LogP contribution in [0.25, 0.3) is 0 Å². The predicted octanol–water partition coefficient (Wildman–Crippen LogP) is 6.28. The summed E-state index contributed by atoms with van der Waals surface area (Å²) in [6.45, 7) is 3.98. The Morgan fingerprint density at radius 3 is 2.40 bits per heavy atom. The van der Waals surface area contributed by atoms with Crippen LogP contribution in [-0.2, 0) is 22.4 Å². The minimum Gasteiger partial charge on any atom is -0.321 e. The van der Waals surface area contributed by atoms with Crippen LogP contribution in [0, 0.1) is 18.3 Å². The minimum absolute atomic E-state index is 0.0944. The molecule has 1 N–H and O–H groups in total. The molecule has 0 bridgehead atoms. The monoisotopic (exact) mass is 501 g/mol.